The summed E-state index contributed by atoms with van der Waals surface area (Å²) in [6.07, 6.45) is 5.56. The molecule has 48 heavy (non-hydrogen) atoms. The van der Waals surface area contributed by atoms with Crippen molar-refractivity contribution in [2.75, 3.05) is 27.8 Å². The van der Waals surface area contributed by atoms with Gasteiger partial charge in [0, 0.05) is 25.3 Å². The molecule has 0 saturated heterocycles. The first kappa shape index (κ1) is 40.0. The smallest absolute Gasteiger partial charge is 0.347 e. The molecule has 1 unspecified atom stereocenters. The van der Waals surface area contributed by atoms with Gasteiger partial charge in [0.25, 0.3) is 0 Å². The molecule has 10 nitrogen and oxygen atoms in total. The summed E-state index contributed by atoms with van der Waals surface area (Å²) in [5.41, 5.74) is 1.67. The van der Waals surface area contributed by atoms with Gasteiger partial charge >= 0.3 is 17.9 Å². The molecule has 5 atom stereocenters. The van der Waals surface area contributed by atoms with E-state index in [-0.39, 0.29) is 24.7 Å². The molecular formula is C37H49ClN2O8. The summed E-state index contributed by atoms with van der Waals surface area (Å²) in [6, 6.07) is 13.8. The lowest BCUT2D eigenvalue weighted by Gasteiger charge is -2.26. The van der Waals surface area contributed by atoms with Gasteiger partial charge in [-0.25, -0.2) is 9.59 Å². The van der Waals surface area contributed by atoms with Gasteiger partial charge in [-0.1, -0.05) is 93.9 Å². The van der Waals surface area contributed by atoms with Crippen LogP contribution in [0.2, 0.25) is 5.02 Å². The fraction of sp³-hybridized carbons (Fsp3) is 0.459. The van der Waals surface area contributed by atoms with Crippen LogP contribution in [0.5, 0.6) is 5.75 Å². The highest BCUT2D eigenvalue weighted by Crippen LogP contribution is 2.26. The van der Waals surface area contributed by atoms with Crippen LogP contribution in [0.15, 0.2) is 66.8 Å². The van der Waals surface area contributed by atoms with E-state index < -0.39 is 48.0 Å². The third-order valence-corrected chi connectivity index (χ3v) is 7.76. The number of halogens is 1. The minimum Gasteiger partial charge on any atom is -0.495 e. The summed E-state index contributed by atoms with van der Waals surface area (Å²) < 4.78 is 21.7. The summed E-state index contributed by atoms with van der Waals surface area (Å²) in [7, 11) is 4.48. The Bertz CT molecular complexity index is 1390. The maximum atomic E-state index is 13.5. The average molecular weight is 685 g/mol. The van der Waals surface area contributed by atoms with Crippen LogP contribution in [0, 0.1) is 17.8 Å². The number of methoxy groups -OCH3 is 2. The van der Waals surface area contributed by atoms with Crippen LogP contribution in [0.3, 0.4) is 0 Å². The van der Waals surface area contributed by atoms with E-state index in [1.54, 1.807) is 38.2 Å². The monoisotopic (exact) mass is 684 g/mol. The first-order valence-corrected chi connectivity index (χ1v) is 16.4. The molecule has 262 valence electrons. The zero-order chi connectivity index (χ0) is 35.6. The molecular weight excluding hydrogens is 636 g/mol. The van der Waals surface area contributed by atoms with Crippen molar-refractivity contribution in [3.8, 4) is 5.75 Å². The lowest BCUT2D eigenvalue weighted by molar-refractivity contribution is -0.175. The second kappa shape index (κ2) is 21.0. The number of esters is 3. The van der Waals surface area contributed by atoms with Crippen molar-refractivity contribution in [2.24, 2.45) is 17.8 Å². The Hall–Kier alpha value is -4.15. The first-order valence-electron chi connectivity index (χ1n) is 16.0. The normalized spacial score (nSPS) is 14.6. The van der Waals surface area contributed by atoms with E-state index in [1.807, 2.05) is 63.3 Å². The number of benzene rings is 2. The molecule has 1 amide bonds. The second-order valence-electron chi connectivity index (χ2n) is 12.0. The molecule has 2 aromatic carbocycles. The molecule has 0 aromatic heterocycles. The van der Waals surface area contributed by atoms with E-state index in [2.05, 4.69) is 10.6 Å². The topological polar surface area (TPSA) is 129 Å². The lowest BCUT2D eigenvalue weighted by Crippen LogP contribution is -2.42. The van der Waals surface area contributed by atoms with Crippen LogP contribution in [0.4, 0.5) is 0 Å². The van der Waals surface area contributed by atoms with Gasteiger partial charge in [-0.3, -0.25) is 9.59 Å². The largest absolute Gasteiger partial charge is 0.495 e. The lowest BCUT2D eigenvalue weighted by atomic mass is 9.99. The van der Waals surface area contributed by atoms with Gasteiger partial charge in [0.1, 0.15) is 17.9 Å². The highest BCUT2D eigenvalue weighted by Gasteiger charge is 2.31. The molecule has 0 heterocycles. The van der Waals surface area contributed by atoms with Gasteiger partial charge in [-0.2, -0.15) is 0 Å². The number of rotatable bonds is 19. The fourth-order valence-electron chi connectivity index (χ4n) is 4.75. The van der Waals surface area contributed by atoms with Gasteiger partial charge < -0.3 is 29.6 Å². The SMILES string of the molecule is CNC[C@@H](C)C(=O)O[C@@H](CC(C)C)C(=O)OC(C/C=C/C(=O)N[C@H](Cc1ccc(OC)c(Cl)c1)C(=O)OC)[C@H](C)/C=C/c1ccccc1. The van der Waals surface area contributed by atoms with Crippen molar-refractivity contribution >= 4 is 41.5 Å². The van der Waals surface area contributed by atoms with Gasteiger partial charge in [0.15, 0.2) is 6.10 Å². The van der Waals surface area contributed by atoms with E-state index in [0.717, 1.165) is 5.56 Å². The quantitative estimate of drug-likeness (QED) is 0.111. The summed E-state index contributed by atoms with van der Waals surface area (Å²) in [4.78, 5) is 51.6. The first-order chi connectivity index (χ1) is 22.9. The van der Waals surface area contributed by atoms with E-state index in [1.165, 1.54) is 20.3 Å². The number of carbonyl (C=O) groups excluding carboxylic acids is 4. The van der Waals surface area contributed by atoms with Crippen molar-refractivity contribution < 1.29 is 38.1 Å². The Morgan fingerprint density at radius 1 is 0.917 bits per heavy atom. The average Bonchev–Trinajstić information content (AvgIpc) is 3.06. The predicted molar refractivity (Wildman–Crippen MR) is 186 cm³/mol. The maximum Gasteiger partial charge on any atom is 0.347 e. The summed E-state index contributed by atoms with van der Waals surface area (Å²) in [6.45, 7) is 7.89. The van der Waals surface area contributed by atoms with E-state index in [0.29, 0.717) is 29.3 Å². The Labute approximate surface area is 289 Å². The Kier molecular flexibility index (Phi) is 17.5. The number of ether oxygens (including phenoxy) is 4. The highest BCUT2D eigenvalue weighted by atomic mass is 35.5. The molecule has 0 radical (unpaired) electrons. The molecule has 0 aliphatic carbocycles. The highest BCUT2D eigenvalue weighted by molar-refractivity contribution is 6.32. The molecule has 2 rings (SSSR count). The minimum absolute atomic E-state index is 0.0593. The van der Waals surface area contributed by atoms with Crippen LogP contribution >= 0.6 is 11.6 Å². The van der Waals surface area contributed by atoms with Gasteiger partial charge in [0.2, 0.25) is 5.91 Å². The zero-order valence-electron chi connectivity index (χ0n) is 28.9. The van der Waals surface area contributed by atoms with Crippen LogP contribution in [-0.4, -0.2) is 69.9 Å². The van der Waals surface area contributed by atoms with Crippen molar-refractivity contribution in [2.45, 2.75) is 65.2 Å². The van der Waals surface area contributed by atoms with Crippen LogP contribution in [-0.2, 0) is 39.8 Å². The van der Waals surface area contributed by atoms with Crippen molar-refractivity contribution in [1.29, 1.82) is 0 Å². The molecule has 0 aliphatic rings. The zero-order valence-corrected chi connectivity index (χ0v) is 29.6. The van der Waals surface area contributed by atoms with Crippen LogP contribution in [0.1, 0.15) is 51.7 Å². The van der Waals surface area contributed by atoms with E-state index >= 15 is 0 Å². The number of hydrogen-bond donors (Lipinski definition) is 2. The van der Waals surface area contributed by atoms with Gasteiger partial charge in [-0.05, 0) is 48.7 Å². The molecule has 0 spiro atoms. The van der Waals surface area contributed by atoms with Gasteiger partial charge in [-0.15, -0.1) is 0 Å². The summed E-state index contributed by atoms with van der Waals surface area (Å²) in [5, 5.41) is 5.99. The van der Waals surface area contributed by atoms with Crippen molar-refractivity contribution in [3.63, 3.8) is 0 Å². The van der Waals surface area contributed by atoms with Crippen molar-refractivity contribution in [1.82, 2.24) is 10.6 Å². The Morgan fingerprint density at radius 2 is 1.62 bits per heavy atom. The Balaban J connectivity index is 2.22. The van der Waals surface area contributed by atoms with E-state index in [9.17, 15) is 19.2 Å². The van der Waals surface area contributed by atoms with E-state index in [4.69, 9.17) is 30.5 Å². The molecule has 0 aliphatic heterocycles. The third-order valence-electron chi connectivity index (χ3n) is 7.46. The molecule has 0 saturated carbocycles. The Morgan fingerprint density at radius 3 is 2.23 bits per heavy atom. The van der Waals surface area contributed by atoms with Crippen LogP contribution in [0.25, 0.3) is 6.08 Å². The second-order valence-corrected chi connectivity index (χ2v) is 12.4. The summed E-state index contributed by atoms with van der Waals surface area (Å²) in [5.74, 6) is -2.47. The third kappa shape index (κ3) is 13.9. The maximum absolute atomic E-state index is 13.5. The van der Waals surface area contributed by atoms with Crippen LogP contribution < -0.4 is 15.4 Å². The fourth-order valence-corrected chi connectivity index (χ4v) is 5.03. The standard InChI is InChI=1S/C37H49ClN2O8/c1-24(2)20-33(48-35(42)26(4)23-39-5)37(44)47-31(25(3)16-17-27-12-9-8-10-13-27)14-11-15-34(41)40-30(36(43)46-7)22-28-18-19-32(45-6)29(38)21-28/h8-13,15-19,21,24-26,30-31,33,39H,14,20,22-23H2,1-7H3,(H,40,41)/b15-11+,17-16+/t25-,26-,30-,31?,33+/m1/s1. The summed E-state index contributed by atoms with van der Waals surface area (Å²) >= 11 is 6.24. The molecule has 2 N–H and O–H groups in total. The number of nitrogens with one attached hydrogen (secondary N) is 2. The predicted octanol–water partition coefficient (Wildman–Crippen LogP) is 5.57. The number of hydrogen-bond acceptors (Lipinski definition) is 9. The van der Waals surface area contributed by atoms with Gasteiger partial charge in [0.05, 0.1) is 25.2 Å². The number of carbonyl (C=O) groups is 4. The minimum atomic E-state index is -1.08. The molecule has 2 aromatic rings. The molecule has 0 fully saturated rings. The molecule has 0 bridgehead atoms. The number of amides is 1. The van der Waals surface area contributed by atoms with Crippen molar-refractivity contribution in [3.05, 3.63) is 82.9 Å². The molecule has 11 heteroatoms.